The van der Waals surface area contributed by atoms with Crippen LogP contribution in [0.2, 0.25) is 0 Å². The van der Waals surface area contributed by atoms with E-state index in [2.05, 4.69) is 0 Å². The summed E-state index contributed by atoms with van der Waals surface area (Å²) in [6, 6.07) is 11.0. The van der Waals surface area contributed by atoms with Gasteiger partial charge in [-0.05, 0) is 42.8 Å². The zero-order valence-corrected chi connectivity index (χ0v) is 14.7. The molecule has 1 saturated heterocycles. The molecule has 0 radical (unpaired) electrons. The summed E-state index contributed by atoms with van der Waals surface area (Å²) in [5, 5.41) is 10.7. The van der Waals surface area contributed by atoms with Crippen LogP contribution in [0.5, 0.6) is 0 Å². The number of hydrogen-bond acceptors (Lipinski definition) is 5. The van der Waals surface area contributed by atoms with Crippen molar-refractivity contribution in [2.75, 3.05) is 31.1 Å². The highest BCUT2D eigenvalue weighted by Crippen LogP contribution is 2.23. The SMILES string of the molecule is O=[N+]([O-])c1ccc(N2CCCN(S(=O)(=O)c3ccc(F)cc3)CC2)cc1. The van der Waals surface area contributed by atoms with E-state index in [9.17, 15) is 22.9 Å². The van der Waals surface area contributed by atoms with E-state index in [1.165, 1.54) is 28.6 Å². The van der Waals surface area contributed by atoms with Crippen LogP contribution in [0.25, 0.3) is 0 Å². The Labute approximate surface area is 150 Å². The second-order valence-electron chi connectivity index (χ2n) is 5.97. The molecule has 7 nitrogen and oxygen atoms in total. The molecule has 2 aromatic carbocycles. The number of hydrogen-bond donors (Lipinski definition) is 0. The second kappa shape index (κ2) is 7.38. The molecule has 0 amide bonds. The molecule has 0 N–H and O–H groups in total. The van der Waals surface area contributed by atoms with Crippen LogP contribution < -0.4 is 4.90 Å². The Morgan fingerprint density at radius 1 is 0.923 bits per heavy atom. The van der Waals surface area contributed by atoms with Gasteiger partial charge in [-0.3, -0.25) is 10.1 Å². The molecule has 2 aromatic rings. The predicted molar refractivity (Wildman–Crippen MR) is 95.1 cm³/mol. The highest BCUT2D eigenvalue weighted by atomic mass is 32.2. The van der Waals surface area contributed by atoms with Gasteiger partial charge < -0.3 is 4.90 Å². The predicted octanol–water partition coefficient (Wildman–Crippen LogP) is 2.63. The Hall–Kier alpha value is -2.52. The third-order valence-electron chi connectivity index (χ3n) is 4.33. The van der Waals surface area contributed by atoms with Gasteiger partial charge in [-0.15, -0.1) is 0 Å². The van der Waals surface area contributed by atoms with E-state index in [1.54, 1.807) is 12.1 Å². The Balaban J connectivity index is 1.73. The average Bonchev–Trinajstić information content (AvgIpc) is 2.89. The Kier molecular flexibility index (Phi) is 5.19. The van der Waals surface area contributed by atoms with Crippen molar-refractivity contribution in [1.82, 2.24) is 4.31 Å². The van der Waals surface area contributed by atoms with E-state index >= 15 is 0 Å². The molecule has 0 aromatic heterocycles. The highest BCUT2D eigenvalue weighted by Gasteiger charge is 2.27. The van der Waals surface area contributed by atoms with Crippen molar-refractivity contribution in [3.63, 3.8) is 0 Å². The largest absolute Gasteiger partial charge is 0.370 e. The molecule has 1 aliphatic heterocycles. The lowest BCUT2D eigenvalue weighted by Gasteiger charge is -2.23. The fourth-order valence-electron chi connectivity index (χ4n) is 2.93. The molecule has 1 aliphatic rings. The summed E-state index contributed by atoms with van der Waals surface area (Å²) in [5.41, 5.74) is 0.834. The van der Waals surface area contributed by atoms with Gasteiger partial charge in [0.15, 0.2) is 0 Å². The van der Waals surface area contributed by atoms with E-state index < -0.39 is 20.8 Å². The van der Waals surface area contributed by atoms with Crippen LogP contribution in [-0.2, 0) is 10.0 Å². The van der Waals surface area contributed by atoms with Crippen LogP contribution in [-0.4, -0.2) is 43.8 Å². The molecule has 0 atom stereocenters. The topological polar surface area (TPSA) is 83.8 Å². The van der Waals surface area contributed by atoms with Crippen LogP contribution in [0.1, 0.15) is 6.42 Å². The minimum Gasteiger partial charge on any atom is -0.370 e. The maximum absolute atomic E-state index is 13.0. The summed E-state index contributed by atoms with van der Waals surface area (Å²) in [7, 11) is -3.68. The summed E-state index contributed by atoms with van der Waals surface area (Å²) in [5.74, 6) is -0.482. The Morgan fingerprint density at radius 2 is 1.58 bits per heavy atom. The van der Waals surface area contributed by atoms with Crippen molar-refractivity contribution in [2.24, 2.45) is 0 Å². The van der Waals surface area contributed by atoms with Crippen molar-refractivity contribution in [2.45, 2.75) is 11.3 Å². The van der Waals surface area contributed by atoms with Crippen LogP contribution in [0.4, 0.5) is 15.8 Å². The average molecular weight is 379 g/mol. The smallest absolute Gasteiger partial charge is 0.269 e. The van der Waals surface area contributed by atoms with Crippen molar-refractivity contribution < 1.29 is 17.7 Å². The van der Waals surface area contributed by atoms with Crippen molar-refractivity contribution in [1.29, 1.82) is 0 Å². The lowest BCUT2D eigenvalue weighted by molar-refractivity contribution is -0.384. The number of non-ortho nitro benzene ring substituents is 1. The lowest BCUT2D eigenvalue weighted by Crippen LogP contribution is -2.35. The summed E-state index contributed by atoms with van der Waals surface area (Å²) in [6.07, 6.45) is 0.622. The quantitative estimate of drug-likeness (QED) is 0.602. The Morgan fingerprint density at radius 3 is 2.19 bits per heavy atom. The number of benzene rings is 2. The summed E-state index contributed by atoms with van der Waals surface area (Å²) >= 11 is 0. The maximum Gasteiger partial charge on any atom is 0.269 e. The summed E-state index contributed by atoms with van der Waals surface area (Å²) in [6.45, 7) is 1.77. The second-order valence-corrected chi connectivity index (χ2v) is 7.91. The summed E-state index contributed by atoms with van der Waals surface area (Å²) in [4.78, 5) is 12.4. The molecular formula is C17H18FN3O4S. The zero-order chi connectivity index (χ0) is 18.7. The number of halogens is 1. The molecule has 1 heterocycles. The highest BCUT2D eigenvalue weighted by molar-refractivity contribution is 7.89. The van der Waals surface area contributed by atoms with Gasteiger partial charge in [0.1, 0.15) is 5.82 Å². The first kappa shape index (κ1) is 18.3. The first-order chi connectivity index (χ1) is 12.4. The first-order valence-corrected chi connectivity index (χ1v) is 9.57. The molecule has 138 valence electrons. The number of anilines is 1. The lowest BCUT2D eigenvalue weighted by atomic mass is 10.2. The van der Waals surface area contributed by atoms with Crippen LogP contribution in [0, 0.1) is 15.9 Å². The minimum absolute atomic E-state index is 0.0177. The minimum atomic E-state index is -3.68. The summed E-state index contributed by atoms with van der Waals surface area (Å²) < 4.78 is 39.9. The number of nitrogens with zero attached hydrogens (tertiary/aromatic N) is 3. The van der Waals surface area contributed by atoms with Gasteiger partial charge in [0.25, 0.3) is 5.69 Å². The van der Waals surface area contributed by atoms with Crippen molar-refractivity contribution in [3.8, 4) is 0 Å². The van der Waals surface area contributed by atoms with Gasteiger partial charge in [-0.1, -0.05) is 0 Å². The van der Waals surface area contributed by atoms with E-state index in [0.717, 1.165) is 17.8 Å². The van der Waals surface area contributed by atoms with Crippen molar-refractivity contribution in [3.05, 3.63) is 64.5 Å². The molecule has 0 spiro atoms. The van der Waals surface area contributed by atoms with Crippen LogP contribution in [0.15, 0.2) is 53.4 Å². The molecule has 1 fully saturated rings. The molecule has 9 heteroatoms. The van der Waals surface area contributed by atoms with Gasteiger partial charge in [0.05, 0.1) is 9.82 Å². The van der Waals surface area contributed by atoms with E-state index in [-0.39, 0.29) is 17.1 Å². The van der Waals surface area contributed by atoms with Crippen LogP contribution >= 0.6 is 0 Å². The van der Waals surface area contributed by atoms with E-state index in [1.807, 2.05) is 4.90 Å². The zero-order valence-electron chi connectivity index (χ0n) is 13.9. The van der Waals surface area contributed by atoms with Gasteiger partial charge in [-0.2, -0.15) is 4.31 Å². The molecule has 0 aliphatic carbocycles. The fraction of sp³-hybridized carbons (Fsp3) is 0.294. The Bertz CT molecular complexity index is 885. The molecule has 0 bridgehead atoms. The molecule has 0 unspecified atom stereocenters. The molecule has 3 rings (SSSR count). The number of nitro groups is 1. The number of sulfonamides is 1. The maximum atomic E-state index is 13.0. The monoisotopic (exact) mass is 379 g/mol. The van der Waals surface area contributed by atoms with Gasteiger partial charge >= 0.3 is 0 Å². The normalized spacial score (nSPS) is 16.3. The first-order valence-electron chi connectivity index (χ1n) is 8.13. The number of rotatable bonds is 4. The third kappa shape index (κ3) is 3.83. The molecular weight excluding hydrogens is 361 g/mol. The fourth-order valence-corrected chi connectivity index (χ4v) is 4.40. The van der Waals surface area contributed by atoms with Crippen LogP contribution in [0.3, 0.4) is 0 Å². The van der Waals surface area contributed by atoms with E-state index in [4.69, 9.17) is 0 Å². The van der Waals surface area contributed by atoms with Crippen molar-refractivity contribution >= 4 is 21.4 Å². The standard InChI is InChI=1S/C17H18FN3O4S/c18-14-2-8-17(9-3-14)26(24,25)20-11-1-10-19(12-13-20)15-4-6-16(7-5-15)21(22)23/h2-9H,1,10-13H2. The van der Waals surface area contributed by atoms with Gasteiger partial charge in [0.2, 0.25) is 10.0 Å². The van der Waals surface area contributed by atoms with Gasteiger partial charge in [-0.25, -0.2) is 12.8 Å². The van der Waals surface area contributed by atoms with E-state index in [0.29, 0.717) is 26.1 Å². The third-order valence-corrected chi connectivity index (χ3v) is 6.24. The number of nitro benzene ring substituents is 1. The molecule has 0 saturated carbocycles. The molecule has 26 heavy (non-hydrogen) atoms. The van der Waals surface area contributed by atoms with Gasteiger partial charge in [0, 0.05) is 44.0 Å².